The lowest BCUT2D eigenvalue weighted by Crippen LogP contribution is -2.33. The van der Waals surface area contributed by atoms with Crippen LogP contribution >= 0.6 is 11.8 Å². The molecule has 0 bridgehead atoms. The van der Waals surface area contributed by atoms with Crippen molar-refractivity contribution in [3.8, 4) is 0 Å². The molecule has 1 aromatic carbocycles. The Labute approximate surface area is 122 Å². The minimum atomic E-state index is 0.376. The Kier molecular flexibility index (Phi) is 3.68. The molecule has 0 aromatic heterocycles. The molecule has 0 N–H and O–H groups in total. The van der Waals surface area contributed by atoms with E-state index in [2.05, 4.69) is 56.8 Å². The second-order valence-corrected chi connectivity index (χ2v) is 8.46. The van der Waals surface area contributed by atoms with Gasteiger partial charge in [0.05, 0.1) is 0 Å². The summed E-state index contributed by atoms with van der Waals surface area (Å²) >= 11 is 2.12. The third kappa shape index (κ3) is 2.59. The highest BCUT2D eigenvalue weighted by Gasteiger charge is 2.41. The van der Waals surface area contributed by atoms with Crippen LogP contribution in [0.2, 0.25) is 0 Å². The average Bonchev–Trinajstić information content (AvgIpc) is 2.54. The Balaban J connectivity index is 2.07. The van der Waals surface area contributed by atoms with Crippen molar-refractivity contribution >= 4 is 11.8 Å². The highest BCUT2D eigenvalue weighted by Crippen LogP contribution is 2.53. The van der Waals surface area contributed by atoms with Crippen LogP contribution in [-0.4, -0.2) is 5.75 Å². The van der Waals surface area contributed by atoms with E-state index in [9.17, 15) is 0 Å². The van der Waals surface area contributed by atoms with E-state index < -0.39 is 0 Å². The second-order valence-electron chi connectivity index (χ2n) is 7.40. The summed E-state index contributed by atoms with van der Waals surface area (Å²) < 4.78 is 0. The minimum Gasteiger partial charge on any atom is -0.126 e. The normalized spacial score (nSPS) is 31.2. The Morgan fingerprint density at radius 2 is 1.79 bits per heavy atom. The lowest BCUT2D eigenvalue weighted by Gasteiger charge is -2.42. The summed E-state index contributed by atoms with van der Waals surface area (Å²) in [6, 6.07) is 9.19. The van der Waals surface area contributed by atoms with Crippen LogP contribution in [0.3, 0.4) is 0 Å². The highest BCUT2D eigenvalue weighted by molar-refractivity contribution is 7.99. The molecule has 0 nitrogen and oxygen atoms in total. The van der Waals surface area contributed by atoms with Gasteiger partial charge in [0, 0.05) is 10.6 Å². The monoisotopic (exact) mass is 274 g/mol. The predicted molar refractivity (Wildman–Crippen MR) is 84.8 cm³/mol. The molecule has 19 heavy (non-hydrogen) atoms. The van der Waals surface area contributed by atoms with E-state index in [1.807, 2.05) is 0 Å². The van der Waals surface area contributed by atoms with Crippen LogP contribution in [0.1, 0.15) is 57.9 Å². The number of rotatable bonds is 0. The first kappa shape index (κ1) is 13.5. The van der Waals surface area contributed by atoms with Crippen LogP contribution in [0.25, 0.3) is 0 Å². The zero-order valence-corrected chi connectivity index (χ0v) is 13.3. The van der Waals surface area contributed by atoms with Gasteiger partial charge in [-0.05, 0) is 47.6 Å². The fraction of sp³-hybridized carbons (Fsp3) is 0.667. The van der Waals surface area contributed by atoms with E-state index in [0.29, 0.717) is 5.41 Å². The molecule has 104 valence electrons. The van der Waals surface area contributed by atoms with Crippen molar-refractivity contribution < 1.29 is 0 Å². The number of hydrogen-bond acceptors (Lipinski definition) is 1. The predicted octanol–water partition coefficient (Wildman–Crippen LogP) is 5.73. The molecule has 1 aromatic rings. The van der Waals surface area contributed by atoms with Crippen LogP contribution < -0.4 is 0 Å². The van der Waals surface area contributed by atoms with Crippen molar-refractivity contribution in [2.45, 2.75) is 57.3 Å². The van der Waals surface area contributed by atoms with Gasteiger partial charge in [-0.3, -0.25) is 0 Å². The van der Waals surface area contributed by atoms with Crippen molar-refractivity contribution in [1.82, 2.24) is 0 Å². The van der Waals surface area contributed by atoms with Gasteiger partial charge >= 0.3 is 0 Å². The zero-order chi connectivity index (χ0) is 13.5. The van der Waals surface area contributed by atoms with Crippen LogP contribution in [0.15, 0.2) is 29.2 Å². The molecule has 1 heterocycles. The van der Waals surface area contributed by atoms with Crippen molar-refractivity contribution in [2.24, 2.45) is 17.3 Å². The molecular weight excluding hydrogens is 248 g/mol. The van der Waals surface area contributed by atoms with E-state index in [0.717, 1.165) is 17.8 Å². The Morgan fingerprint density at radius 3 is 2.58 bits per heavy atom. The fourth-order valence-electron chi connectivity index (χ4n) is 4.29. The smallest absolute Gasteiger partial charge is 0.0107 e. The van der Waals surface area contributed by atoms with Crippen molar-refractivity contribution in [1.29, 1.82) is 0 Å². The summed E-state index contributed by atoms with van der Waals surface area (Å²) in [6.07, 6.45) is 5.80. The summed E-state index contributed by atoms with van der Waals surface area (Å²) in [7, 11) is 0. The van der Waals surface area contributed by atoms with Crippen molar-refractivity contribution in [3.05, 3.63) is 29.8 Å². The molecule has 1 saturated carbocycles. The topological polar surface area (TPSA) is 0 Å². The number of fused-ring (bicyclic) bond motifs is 2. The van der Waals surface area contributed by atoms with Gasteiger partial charge in [0.1, 0.15) is 0 Å². The molecule has 3 atom stereocenters. The summed E-state index contributed by atoms with van der Waals surface area (Å²) in [4.78, 5) is 1.55. The quantitative estimate of drug-likeness (QED) is 0.582. The summed E-state index contributed by atoms with van der Waals surface area (Å²) in [5, 5.41) is 0. The van der Waals surface area contributed by atoms with Gasteiger partial charge in [-0.1, -0.05) is 51.8 Å². The van der Waals surface area contributed by atoms with E-state index in [1.54, 1.807) is 10.5 Å². The molecule has 1 heteroatoms. The molecule has 0 amide bonds. The van der Waals surface area contributed by atoms with Crippen molar-refractivity contribution in [3.63, 3.8) is 0 Å². The molecule has 0 radical (unpaired) electrons. The van der Waals surface area contributed by atoms with E-state index in [4.69, 9.17) is 0 Å². The summed E-state index contributed by atoms with van der Waals surface area (Å²) in [5.41, 5.74) is 2.01. The summed E-state index contributed by atoms with van der Waals surface area (Å²) in [6.45, 7) is 7.32. The van der Waals surface area contributed by atoms with Gasteiger partial charge in [-0.2, -0.15) is 0 Å². The van der Waals surface area contributed by atoms with Crippen LogP contribution in [-0.2, 0) is 0 Å². The molecule has 3 unspecified atom stereocenters. The van der Waals surface area contributed by atoms with Gasteiger partial charge in [-0.15, -0.1) is 11.8 Å². The number of thioether (sulfide) groups is 1. The maximum atomic E-state index is 2.44. The van der Waals surface area contributed by atoms with Gasteiger partial charge < -0.3 is 0 Å². The van der Waals surface area contributed by atoms with Crippen LogP contribution in [0, 0.1) is 17.3 Å². The Bertz CT molecular complexity index is 443. The molecule has 0 spiro atoms. The zero-order valence-electron chi connectivity index (χ0n) is 12.5. The average molecular weight is 274 g/mol. The van der Waals surface area contributed by atoms with Crippen LogP contribution in [0.5, 0.6) is 0 Å². The number of benzene rings is 1. The minimum absolute atomic E-state index is 0.376. The summed E-state index contributed by atoms with van der Waals surface area (Å²) in [5.74, 6) is 3.93. The number of hydrogen-bond donors (Lipinski definition) is 0. The standard InChI is InChI=1S/C18H26S/c1-18(2,3)17-14-9-5-4-8-13(14)12-19-16-11-7-6-10-15(16)17/h6-7,10-11,13-14,17H,4-5,8-9,12H2,1-3H3. The van der Waals surface area contributed by atoms with Crippen molar-refractivity contribution in [2.75, 3.05) is 5.75 Å². The molecule has 1 fully saturated rings. The third-order valence-electron chi connectivity index (χ3n) is 5.04. The molecule has 0 saturated heterocycles. The first-order chi connectivity index (χ1) is 9.07. The highest BCUT2D eigenvalue weighted by atomic mass is 32.2. The maximum Gasteiger partial charge on any atom is 0.0107 e. The lowest BCUT2D eigenvalue weighted by atomic mass is 9.62. The van der Waals surface area contributed by atoms with E-state index >= 15 is 0 Å². The molecule has 2 aliphatic rings. The Morgan fingerprint density at radius 1 is 1.05 bits per heavy atom. The third-order valence-corrected chi connectivity index (χ3v) is 6.31. The molecule has 1 aliphatic carbocycles. The van der Waals surface area contributed by atoms with E-state index in [-0.39, 0.29) is 0 Å². The lowest BCUT2D eigenvalue weighted by molar-refractivity contribution is 0.143. The van der Waals surface area contributed by atoms with Gasteiger partial charge in [0.2, 0.25) is 0 Å². The Hall–Kier alpha value is -0.430. The van der Waals surface area contributed by atoms with Crippen LogP contribution in [0.4, 0.5) is 0 Å². The fourth-order valence-corrected chi connectivity index (χ4v) is 5.63. The molecule has 1 aliphatic heterocycles. The molecular formula is C18H26S. The maximum absolute atomic E-state index is 2.44. The van der Waals surface area contributed by atoms with Gasteiger partial charge in [0.15, 0.2) is 0 Å². The largest absolute Gasteiger partial charge is 0.126 e. The van der Waals surface area contributed by atoms with E-state index in [1.165, 1.54) is 31.4 Å². The second kappa shape index (κ2) is 5.16. The first-order valence-corrected chi connectivity index (χ1v) is 8.77. The SMILES string of the molecule is CC(C)(C)C1c2ccccc2SCC2CCCCC21. The molecule has 3 rings (SSSR count). The van der Waals surface area contributed by atoms with Gasteiger partial charge in [0.25, 0.3) is 0 Å². The first-order valence-electron chi connectivity index (χ1n) is 7.79. The van der Waals surface area contributed by atoms with Gasteiger partial charge in [-0.25, -0.2) is 0 Å².